The second kappa shape index (κ2) is 7.29. The molecule has 0 aliphatic rings. The maximum absolute atomic E-state index is 5.02. The molecule has 5 aromatic rings. The molecule has 0 atom stereocenters. The van der Waals surface area contributed by atoms with Crippen molar-refractivity contribution in [2.45, 2.75) is 26.4 Å². The molecule has 0 aliphatic heterocycles. The Morgan fingerprint density at radius 3 is 2.62 bits per heavy atom. The molecule has 2 aromatic carbocycles. The zero-order chi connectivity index (χ0) is 19.8. The van der Waals surface area contributed by atoms with E-state index in [1.807, 2.05) is 18.2 Å². The average Bonchev–Trinajstić information content (AvgIpc) is 3.34. The predicted molar refractivity (Wildman–Crippen MR) is 120 cm³/mol. The van der Waals surface area contributed by atoms with Crippen molar-refractivity contribution in [1.82, 2.24) is 19.5 Å². The number of hydrogen-bond acceptors (Lipinski definition) is 5. The van der Waals surface area contributed by atoms with Crippen molar-refractivity contribution < 1.29 is 0 Å². The fourth-order valence-corrected chi connectivity index (χ4v) is 4.59. The summed E-state index contributed by atoms with van der Waals surface area (Å²) < 4.78 is 3.47. The van der Waals surface area contributed by atoms with E-state index in [0.29, 0.717) is 6.54 Å². The van der Waals surface area contributed by atoms with Gasteiger partial charge in [-0.25, -0.2) is 15.0 Å². The third-order valence-electron chi connectivity index (χ3n) is 5.02. The van der Waals surface area contributed by atoms with E-state index >= 15 is 0 Å². The van der Waals surface area contributed by atoms with Crippen LogP contribution in [-0.4, -0.2) is 19.5 Å². The topological polar surface area (TPSA) is 55.6 Å². The largest absolute Gasteiger partial charge is 0.364 e. The highest BCUT2D eigenvalue weighted by Gasteiger charge is 2.21. The molecule has 0 unspecified atom stereocenters. The first kappa shape index (κ1) is 17.8. The first-order valence-electron chi connectivity index (χ1n) is 9.69. The second-order valence-electron chi connectivity index (χ2n) is 7.28. The van der Waals surface area contributed by atoms with Gasteiger partial charge in [-0.1, -0.05) is 48.5 Å². The number of anilines is 1. The van der Waals surface area contributed by atoms with Crippen LogP contribution in [0.25, 0.3) is 32.6 Å². The zero-order valence-corrected chi connectivity index (χ0v) is 17.1. The van der Waals surface area contributed by atoms with E-state index in [0.717, 1.165) is 28.4 Å². The number of rotatable bonds is 5. The summed E-state index contributed by atoms with van der Waals surface area (Å²) in [6.07, 6.45) is 1.62. The minimum absolute atomic E-state index is 0.227. The second-order valence-corrected chi connectivity index (χ2v) is 8.19. The SMILES string of the molecule is CC(C)n1c(-c2csc3ccccc23)nc2c(NCc3ccccc3)ncnc21. The molecule has 0 saturated carbocycles. The van der Waals surface area contributed by atoms with Crippen LogP contribution < -0.4 is 5.32 Å². The van der Waals surface area contributed by atoms with Gasteiger partial charge in [0.2, 0.25) is 0 Å². The Labute approximate surface area is 173 Å². The van der Waals surface area contributed by atoms with Gasteiger partial charge in [-0.3, -0.25) is 0 Å². The number of fused-ring (bicyclic) bond motifs is 2. The molecule has 29 heavy (non-hydrogen) atoms. The van der Waals surface area contributed by atoms with Gasteiger partial charge in [-0.05, 0) is 25.5 Å². The van der Waals surface area contributed by atoms with Gasteiger partial charge >= 0.3 is 0 Å². The smallest absolute Gasteiger partial charge is 0.166 e. The summed E-state index contributed by atoms with van der Waals surface area (Å²) in [5.74, 6) is 1.70. The van der Waals surface area contributed by atoms with Crippen molar-refractivity contribution in [3.05, 3.63) is 71.9 Å². The van der Waals surface area contributed by atoms with Gasteiger partial charge in [0.05, 0.1) is 0 Å². The molecule has 144 valence electrons. The van der Waals surface area contributed by atoms with Crippen LogP contribution in [0, 0.1) is 0 Å². The molecule has 0 saturated heterocycles. The highest BCUT2D eigenvalue weighted by atomic mass is 32.1. The van der Waals surface area contributed by atoms with Crippen LogP contribution in [0.2, 0.25) is 0 Å². The molecule has 0 amide bonds. The van der Waals surface area contributed by atoms with Crippen LogP contribution in [-0.2, 0) is 6.54 Å². The van der Waals surface area contributed by atoms with Crippen molar-refractivity contribution in [2.75, 3.05) is 5.32 Å². The van der Waals surface area contributed by atoms with Crippen molar-refractivity contribution in [3.63, 3.8) is 0 Å². The number of nitrogens with one attached hydrogen (secondary N) is 1. The summed E-state index contributed by atoms with van der Waals surface area (Å²) in [4.78, 5) is 14.1. The normalized spacial score (nSPS) is 11.6. The van der Waals surface area contributed by atoms with Gasteiger partial charge in [0, 0.05) is 33.6 Å². The number of nitrogens with zero attached hydrogens (tertiary/aromatic N) is 4. The molecule has 0 fully saturated rings. The number of benzene rings is 2. The van der Waals surface area contributed by atoms with Crippen LogP contribution >= 0.6 is 11.3 Å². The third-order valence-corrected chi connectivity index (χ3v) is 5.98. The number of thiophene rings is 1. The molecule has 0 spiro atoms. The summed E-state index contributed by atoms with van der Waals surface area (Å²) in [5, 5.41) is 6.85. The molecule has 0 bridgehead atoms. The fourth-order valence-electron chi connectivity index (χ4n) is 3.65. The van der Waals surface area contributed by atoms with E-state index in [2.05, 4.69) is 75.5 Å². The first-order valence-corrected chi connectivity index (χ1v) is 10.6. The molecule has 0 aliphatic carbocycles. The Balaban J connectivity index is 1.64. The minimum atomic E-state index is 0.227. The lowest BCUT2D eigenvalue weighted by atomic mass is 10.1. The lowest BCUT2D eigenvalue weighted by molar-refractivity contribution is 0.620. The van der Waals surface area contributed by atoms with Gasteiger partial charge in [0.25, 0.3) is 0 Å². The van der Waals surface area contributed by atoms with Crippen molar-refractivity contribution in [1.29, 1.82) is 0 Å². The standard InChI is InChI=1S/C23H21N5S/c1-15(2)28-22(18-13-29-19-11-7-6-10-17(18)19)27-20-21(25-14-26-23(20)28)24-12-16-8-4-3-5-9-16/h3-11,13-15H,12H2,1-2H3,(H,24,25,26). The lowest BCUT2D eigenvalue weighted by Crippen LogP contribution is -2.05. The number of hydrogen-bond donors (Lipinski definition) is 1. The molecule has 6 heteroatoms. The van der Waals surface area contributed by atoms with E-state index in [9.17, 15) is 0 Å². The van der Waals surface area contributed by atoms with E-state index < -0.39 is 0 Å². The van der Waals surface area contributed by atoms with Gasteiger partial charge in [0.1, 0.15) is 12.2 Å². The molecular weight excluding hydrogens is 378 g/mol. The molecule has 0 radical (unpaired) electrons. The van der Waals surface area contributed by atoms with E-state index in [4.69, 9.17) is 4.98 Å². The van der Waals surface area contributed by atoms with Gasteiger partial charge in [-0.15, -0.1) is 11.3 Å². The molecule has 1 N–H and O–H groups in total. The van der Waals surface area contributed by atoms with Crippen LogP contribution in [0.4, 0.5) is 5.82 Å². The van der Waals surface area contributed by atoms with Gasteiger partial charge < -0.3 is 9.88 Å². The fraction of sp³-hybridized carbons (Fsp3) is 0.174. The molecule has 5 rings (SSSR count). The quantitative estimate of drug-likeness (QED) is 0.400. The van der Waals surface area contributed by atoms with Crippen LogP contribution in [0.3, 0.4) is 0 Å². The molecule has 3 aromatic heterocycles. The maximum atomic E-state index is 5.02. The number of aromatic nitrogens is 4. The lowest BCUT2D eigenvalue weighted by Gasteiger charge is -2.12. The predicted octanol–water partition coefficient (Wildman–Crippen LogP) is 5.90. The minimum Gasteiger partial charge on any atom is -0.364 e. The van der Waals surface area contributed by atoms with Crippen LogP contribution in [0.1, 0.15) is 25.5 Å². The highest BCUT2D eigenvalue weighted by molar-refractivity contribution is 7.17. The van der Waals surface area contributed by atoms with Crippen molar-refractivity contribution in [3.8, 4) is 11.4 Å². The van der Waals surface area contributed by atoms with Gasteiger partial charge in [-0.2, -0.15) is 0 Å². The average molecular weight is 400 g/mol. The summed E-state index contributed by atoms with van der Waals surface area (Å²) in [7, 11) is 0. The molecular formula is C23H21N5S. The summed E-state index contributed by atoms with van der Waals surface area (Å²) in [6, 6.07) is 19.0. The summed E-state index contributed by atoms with van der Waals surface area (Å²) in [5.41, 5.74) is 4.01. The van der Waals surface area contributed by atoms with Crippen molar-refractivity contribution in [2.24, 2.45) is 0 Å². The third kappa shape index (κ3) is 3.15. The summed E-state index contributed by atoms with van der Waals surface area (Å²) in [6.45, 7) is 5.02. The maximum Gasteiger partial charge on any atom is 0.166 e. The van der Waals surface area contributed by atoms with E-state index in [-0.39, 0.29) is 6.04 Å². The monoisotopic (exact) mass is 399 g/mol. The zero-order valence-electron chi connectivity index (χ0n) is 16.3. The summed E-state index contributed by atoms with van der Waals surface area (Å²) >= 11 is 1.75. The molecule has 3 heterocycles. The highest BCUT2D eigenvalue weighted by Crippen LogP contribution is 2.37. The van der Waals surface area contributed by atoms with Crippen molar-refractivity contribution >= 4 is 38.4 Å². The Morgan fingerprint density at radius 2 is 1.79 bits per heavy atom. The van der Waals surface area contributed by atoms with E-state index in [1.54, 1.807) is 17.7 Å². The van der Waals surface area contributed by atoms with E-state index in [1.165, 1.54) is 15.6 Å². The Bertz CT molecular complexity index is 1290. The molecule has 5 nitrogen and oxygen atoms in total. The Kier molecular flexibility index (Phi) is 4.48. The Hall–Kier alpha value is -3.25. The van der Waals surface area contributed by atoms with Crippen LogP contribution in [0.15, 0.2) is 66.3 Å². The Morgan fingerprint density at radius 1 is 1.00 bits per heavy atom. The number of imidazole rings is 1. The van der Waals surface area contributed by atoms with Crippen LogP contribution in [0.5, 0.6) is 0 Å². The van der Waals surface area contributed by atoms with Gasteiger partial charge in [0.15, 0.2) is 17.0 Å². The first-order chi connectivity index (χ1) is 14.2.